The van der Waals surface area contributed by atoms with E-state index in [1.807, 2.05) is 30.3 Å². The van der Waals surface area contributed by atoms with Gasteiger partial charge < -0.3 is 9.84 Å². The molecule has 0 amide bonds. The highest BCUT2D eigenvalue weighted by Crippen LogP contribution is 2.34. The van der Waals surface area contributed by atoms with Gasteiger partial charge in [-0.1, -0.05) is 45.7 Å². The van der Waals surface area contributed by atoms with Crippen LogP contribution in [-0.2, 0) is 11.2 Å². The summed E-state index contributed by atoms with van der Waals surface area (Å²) in [6, 6.07) is 12.9. The first kappa shape index (κ1) is 17.5. The fourth-order valence-corrected chi connectivity index (χ4v) is 3.50. The van der Waals surface area contributed by atoms with Gasteiger partial charge in [-0.15, -0.1) is 0 Å². The molecule has 3 nitrogen and oxygen atoms in total. The number of hydrogen-bond acceptors (Lipinski definition) is 3. The minimum absolute atomic E-state index is 0.190. The van der Waals surface area contributed by atoms with E-state index < -0.39 is 5.56 Å². The first-order chi connectivity index (χ1) is 11.5. The summed E-state index contributed by atoms with van der Waals surface area (Å²) in [6.45, 7) is 0.366. The molecule has 0 aliphatic heterocycles. The Morgan fingerprint density at radius 1 is 1.29 bits per heavy atom. The van der Waals surface area contributed by atoms with Crippen molar-refractivity contribution >= 4 is 33.5 Å². The average molecular weight is 410 g/mol. The molecule has 0 fully saturated rings. The van der Waals surface area contributed by atoms with Crippen molar-refractivity contribution < 1.29 is 14.6 Å². The second-order valence-corrected chi connectivity index (χ2v) is 7.32. The molecule has 3 rings (SSSR count). The highest BCUT2D eigenvalue weighted by molar-refractivity contribution is 9.10. The normalized spacial score (nSPS) is 17.9. The molecule has 2 atom stereocenters. The predicted octanol–water partition coefficient (Wildman–Crippen LogP) is 4.96. The van der Waals surface area contributed by atoms with Crippen LogP contribution in [0.25, 0.3) is 0 Å². The summed E-state index contributed by atoms with van der Waals surface area (Å²) < 4.78 is 6.44. The number of ether oxygens (including phenoxy) is 1. The number of carbonyl (C=O) groups excluding carboxylic acids is 1. The van der Waals surface area contributed by atoms with E-state index in [1.165, 1.54) is 11.1 Å². The van der Waals surface area contributed by atoms with E-state index in [1.54, 1.807) is 12.1 Å². The Labute approximate surface area is 154 Å². The number of aliphatic hydroxyl groups is 1. The highest BCUT2D eigenvalue weighted by atomic mass is 79.9. The molecule has 0 saturated carbocycles. The number of carbonyl (C=O) groups is 1. The number of fused-ring (bicyclic) bond motifs is 1. The first-order valence-electron chi connectivity index (χ1n) is 7.92. The Balaban J connectivity index is 1.69. The second kappa shape index (κ2) is 7.68. The average Bonchev–Trinajstić information content (AvgIpc) is 2.59. The van der Waals surface area contributed by atoms with E-state index >= 15 is 0 Å². The van der Waals surface area contributed by atoms with Crippen molar-refractivity contribution in [1.29, 1.82) is 0 Å². The molecule has 24 heavy (non-hydrogen) atoms. The standard InChI is InChI=1S/C19H18BrClO3/c20-16-7-4-12(5-8-16)19(23)24-11-15-3-1-2-13-10-14(18(21)22)6-9-17(13)15/h4-10,15,18,22H,1-3,11H2/t15-,18-/m1/s1. The maximum Gasteiger partial charge on any atom is 0.338 e. The van der Waals surface area contributed by atoms with Crippen LogP contribution in [0.3, 0.4) is 0 Å². The zero-order valence-corrected chi connectivity index (χ0v) is 15.4. The zero-order chi connectivity index (χ0) is 17.1. The van der Waals surface area contributed by atoms with Crippen LogP contribution < -0.4 is 0 Å². The Bertz CT molecular complexity index is 728. The molecule has 2 aromatic rings. The van der Waals surface area contributed by atoms with Gasteiger partial charge in [-0.05, 0) is 60.2 Å². The number of aryl methyl sites for hydroxylation is 1. The fraction of sp³-hybridized carbons (Fsp3) is 0.316. The molecule has 0 bridgehead atoms. The number of esters is 1. The maximum atomic E-state index is 12.2. The SMILES string of the molecule is O=C(OC[C@H]1CCCc2cc([C@@H](O)Cl)ccc21)c1ccc(Br)cc1. The molecular weight excluding hydrogens is 392 g/mol. The second-order valence-electron chi connectivity index (χ2n) is 5.99. The van der Waals surface area contributed by atoms with Gasteiger partial charge in [-0.3, -0.25) is 0 Å². The third-order valence-electron chi connectivity index (χ3n) is 4.38. The molecule has 0 aromatic heterocycles. The molecule has 0 unspecified atom stereocenters. The molecule has 0 spiro atoms. The highest BCUT2D eigenvalue weighted by Gasteiger charge is 2.23. The number of aliphatic hydroxyl groups excluding tert-OH is 1. The van der Waals surface area contributed by atoms with Gasteiger partial charge in [0.25, 0.3) is 0 Å². The molecule has 0 saturated heterocycles. The molecule has 1 N–H and O–H groups in total. The van der Waals surface area contributed by atoms with Crippen LogP contribution in [-0.4, -0.2) is 17.7 Å². The predicted molar refractivity (Wildman–Crippen MR) is 97.4 cm³/mol. The van der Waals surface area contributed by atoms with Gasteiger partial charge in [0.2, 0.25) is 0 Å². The molecule has 5 heteroatoms. The van der Waals surface area contributed by atoms with Crippen molar-refractivity contribution in [2.45, 2.75) is 30.7 Å². The van der Waals surface area contributed by atoms with Crippen LogP contribution in [0.5, 0.6) is 0 Å². The van der Waals surface area contributed by atoms with Crippen molar-refractivity contribution in [3.63, 3.8) is 0 Å². The molecule has 1 aliphatic rings. The minimum atomic E-state index is -0.981. The van der Waals surface area contributed by atoms with E-state index in [-0.39, 0.29) is 11.9 Å². The number of benzene rings is 2. The van der Waals surface area contributed by atoms with E-state index in [0.717, 1.165) is 23.7 Å². The first-order valence-corrected chi connectivity index (χ1v) is 9.15. The number of hydrogen-bond donors (Lipinski definition) is 1. The lowest BCUT2D eigenvalue weighted by Gasteiger charge is -2.26. The Hall–Kier alpha value is -1.36. The van der Waals surface area contributed by atoms with E-state index in [0.29, 0.717) is 17.7 Å². The van der Waals surface area contributed by atoms with Gasteiger partial charge in [0.05, 0.1) is 12.2 Å². The molecule has 2 aromatic carbocycles. The molecule has 0 radical (unpaired) electrons. The summed E-state index contributed by atoms with van der Waals surface area (Å²) in [6.07, 6.45) is 2.99. The van der Waals surface area contributed by atoms with Crippen LogP contribution in [0.4, 0.5) is 0 Å². The summed E-state index contributed by atoms with van der Waals surface area (Å²) in [5.74, 6) is -0.114. The molecular formula is C19H18BrClO3. The van der Waals surface area contributed by atoms with E-state index in [4.69, 9.17) is 16.3 Å². The van der Waals surface area contributed by atoms with Gasteiger partial charge >= 0.3 is 5.97 Å². The van der Waals surface area contributed by atoms with Crippen LogP contribution in [0.15, 0.2) is 46.9 Å². The summed E-state index contributed by atoms with van der Waals surface area (Å²) in [5, 5.41) is 9.51. The number of alkyl halides is 1. The monoisotopic (exact) mass is 408 g/mol. The smallest absolute Gasteiger partial charge is 0.338 e. The largest absolute Gasteiger partial charge is 0.461 e. The van der Waals surface area contributed by atoms with Crippen molar-refractivity contribution in [3.05, 3.63) is 69.2 Å². The summed E-state index contributed by atoms with van der Waals surface area (Å²) in [5.41, 5.74) is 2.65. The number of halogens is 2. The maximum absolute atomic E-state index is 12.2. The van der Waals surface area contributed by atoms with E-state index in [9.17, 15) is 9.90 Å². The minimum Gasteiger partial charge on any atom is -0.461 e. The molecule has 0 heterocycles. The summed E-state index contributed by atoms with van der Waals surface area (Å²) in [4.78, 5) is 12.2. The van der Waals surface area contributed by atoms with Gasteiger partial charge in [-0.25, -0.2) is 4.79 Å². The Morgan fingerprint density at radius 2 is 2.04 bits per heavy atom. The van der Waals surface area contributed by atoms with Crippen LogP contribution >= 0.6 is 27.5 Å². The van der Waals surface area contributed by atoms with Crippen molar-refractivity contribution in [1.82, 2.24) is 0 Å². The topological polar surface area (TPSA) is 46.5 Å². The summed E-state index contributed by atoms with van der Waals surface area (Å²) >= 11 is 9.10. The summed E-state index contributed by atoms with van der Waals surface area (Å²) in [7, 11) is 0. The Kier molecular flexibility index (Phi) is 5.59. The van der Waals surface area contributed by atoms with Crippen molar-refractivity contribution in [3.8, 4) is 0 Å². The Morgan fingerprint density at radius 3 is 2.75 bits per heavy atom. The third kappa shape index (κ3) is 4.00. The number of rotatable bonds is 4. The van der Waals surface area contributed by atoms with Crippen molar-refractivity contribution in [2.24, 2.45) is 0 Å². The lowest BCUT2D eigenvalue weighted by molar-refractivity contribution is 0.0472. The fourth-order valence-electron chi connectivity index (χ4n) is 3.10. The van der Waals surface area contributed by atoms with Crippen LogP contribution in [0.2, 0.25) is 0 Å². The van der Waals surface area contributed by atoms with Gasteiger partial charge in [0.15, 0.2) is 5.56 Å². The quantitative estimate of drug-likeness (QED) is 0.574. The van der Waals surface area contributed by atoms with Gasteiger partial charge in [0.1, 0.15) is 0 Å². The van der Waals surface area contributed by atoms with Crippen molar-refractivity contribution in [2.75, 3.05) is 6.61 Å². The molecule has 126 valence electrons. The lowest BCUT2D eigenvalue weighted by atomic mass is 9.82. The molecule has 1 aliphatic carbocycles. The van der Waals surface area contributed by atoms with Crippen LogP contribution in [0, 0.1) is 0 Å². The van der Waals surface area contributed by atoms with Gasteiger partial charge in [0, 0.05) is 10.4 Å². The van der Waals surface area contributed by atoms with Crippen LogP contribution in [0.1, 0.15) is 51.4 Å². The zero-order valence-electron chi connectivity index (χ0n) is 13.0. The third-order valence-corrected chi connectivity index (χ3v) is 5.16. The van der Waals surface area contributed by atoms with Gasteiger partial charge in [-0.2, -0.15) is 0 Å². The lowest BCUT2D eigenvalue weighted by Crippen LogP contribution is -2.18. The van der Waals surface area contributed by atoms with E-state index in [2.05, 4.69) is 15.9 Å².